The molecule has 2 heterocycles. The Kier molecular flexibility index (Phi) is 4.76. The average Bonchev–Trinajstić information content (AvgIpc) is 3.15. The molecule has 0 spiro atoms. The maximum Gasteiger partial charge on any atom is 0.289 e. The van der Waals surface area contributed by atoms with E-state index in [1.54, 1.807) is 40.1 Å². The lowest BCUT2D eigenvalue weighted by Crippen LogP contribution is -2.50. The topological polar surface area (TPSA) is 63.0 Å². The SMILES string of the molecule is COc1ccc(Cl)cc1C(=O)N1CCN(C(=O)c2ccco2)CC1. The van der Waals surface area contributed by atoms with E-state index in [0.717, 1.165) is 0 Å². The number of piperazine rings is 1. The summed E-state index contributed by atoms with van der Waals surface area (Å²) in [6.07, 6.45) is 1.47. The van der Waals surface area contributed by atoms with E-state index in [0.29, 0.717) is 48.3 Å². The number of nitrogens with zero attached hydrogens (tertiary/aromatic N) is 2. The van der Waals surface area contributed by atoms with Crippen LogP contribution in [0.3, 0.4) is 0 Å². The van der Waals surface area contributed by atoms with Gasteiger partial charge in [0.15, 0.2) is 5.76 Å². The van der Waals surface area contributed by atoms with Gasteiger partial charge in [0.25, 0.3) is 11.8 Å². The van der Waals surface area contributed by atoms with Crippen LogP contribution in [-0.2, 0) is 0 Å². The van der Waals surface area contributed by atoms with Gasteiger partial charge in [-0.1, -0.05) is 11.6 Å². The van der Waals surface area contributed by atoms with Gasteiger partial charge in [-0.3, -0.25) is 9.59 Å². The number of methoxy groups -OCH3 is 1. The Morgan fingerprint density at radius 2 is 1.75 bits per heavy atom. The molecule has 0 atom stereocenters. The molecular weight excluding hydrogens is 332 g/mol. The molecule has 1 fully saturated rings. The van der Waals surface area contributed by atoms with E-state index >= 15 is 0 Å². The highest BCUT2D eigenvalue weighted by molar-refractivity contribution is 6.31. The number of rotatable bonds is 3. The minimum atomic E-state index is -0.160. The summed E-state index contributed by atoms with van der Waals surface area (Å²) in [5.41, 5.74) is 0.427. The summed E-state index contributed by atoms with van der Waals surface area (Å²) in [7, 11) is 1.51. The van der Waals surface area contributed by atoms with Gasteiger partial charge >= 0.3 is 0 Å². The number of carbonyl (C=O) groups is 2. The van der Waals surface area contributed by atoms with Gasteiger partial charge in [0.1, 0.15) is 5.75 Å². The van der Waals surface area contributed by atoms with Crippen LogP contribution in [0.4, 0.5) is 0 Å². The molecule has 3 rings (SSSR count). The minimum absolute atomic E-state index is 0.153. The minimum Gasteiger partial charge on any atom is -0.496 e. The molecule has 1 saturated heterocycles. The van der Waals surface area contributed by atoms with Gasteiger partial charge in [0.2, 0.25) is 0 Å². The second-order valence-electron chi connectivity index (χ2n) is 5.41. The van der Waals surface area contributed by atoms with Crippen molar-refractivity contribution in [1.29, 1.82) is 0 Å². The van der Waals surface area contributed by atoms with Crippen molar-refractivity contribution in [3.63, 3.8) is 0 Å². The Balaban J connectivity index is 1.67. The predicted octanol–water partition coefficient (Wildman–Crippen LogP) is 2.54. The quantitative estimate of drug-likeness (QED) is 0.855. The summed E-state index contributed by atoms with van der Waals surface area (Å²) in [6.45, 7) is 1.80. The van der Waals surface area contributed by atoms with Crippen molar-refractivity contribution < 1.29 is 18.7 Å². The molecule has 0 saturated carbocycles. The maximum atomic E-state index is 12.7. The Morgan fingerprint density at radius 1 is 1.08 bits per heavy atom. The lowest BCUT2D eigenvalue weighted by molar-refractivity contribution is 0.0516. The molecule has 0 bridgehead atoms. The van der Waals surface area contributed by atoms with Crippen LogP contribution in [0.25, 0.3) is 0 Å². The van der Waals surface area contributed by atoms with Crippen molar-refractivity contribution in [1.82, 2.24) is 9.80 Å². The molecule has 2 aromatic rings. The average molecular weight is 349 g/mol. The Hall–Kier alpha value is -2.47. The molecule has 2 amide bonds. The van der Waals surface area contributed by atoms with Crippen molar-refractivity contribution in [3.05, 3.63) is 52.9 Å². The summed E-state index contributed by atoms with van der Waals surface area (Å²) in [5, 5.41) is 0.478. The van der Waals surface area contributed by atoms with Crippen molar-refractivity contribution in [2.75, 3.05) is 33.3 Å². The van der Waals surface area contributed by atoms with Crippen LogP contribution in [0.15, 0.2) is 41.0 Å². The van der Waals surface area contributed by atoms with Crippen LogP contribution < -0.4 is 4.74 Å². The highest BCUT2D eigenvalue weighted by atomic mass is 35.5. The van der Waals surface area contributed by atoms with Crippen molar-refractivity contribution in [2.24, 2.45) is 0 Å². The molecule has 6 nitrogen and oxygen atoms in total. The Morgan fingerprint density at radius 3 is 2.33 bits per heavy atom. The first-order valence-corrected chi connectivity index (χ1v) is 7.93. The molecular formula is C17H17ClN2O4. The summed E-state index contributed by atoms with van der Waals surface area (Å²) >= 11 is 5.99. The molecule has 7 heteroatoms. The lowest BCUT2D eigenvalue weighted by atomic mass is 10.1. The lowest BCUT2D eigenvalue weighted by Gasteiger charge is -2.34. The smallest absolute Gasteiger partial charge is 0.289 e. The molecule has 0 aliphatic carbocycles. The number of halogens is 1. The number of hydrogen-bond acceptors (Lipinski definition) is 4. The van der Waals surface area contributed by atoms with E-state index in [2.05, 4.69) is 0 Å². The molecule has 1 aromatic heterocycles. The maximum absolute atomic E-state index is 12.7. The Bertz CT molecular complexity index is 737. The van der Waals surface area contributed by atoms with Crippen LogP contribution in [0, 0.1) is 0 Å². The predicted molar refractivity (Wildman–Crippen MR) is 88.5 cm³/mol. The largest absolute Gasteiger partial charge is 0.496 e. The standard InChI is InChI=1S/C17H17ClN2O4/c1-23-14-5-4-12(18)11-13(14)16(21)19-6-8-20(9-7-19)17(22)15-3-2-10-24-15/h2-5,10-11H,6-9H2,1H3. The third-order valence-corrected chi connectivity index (χ3v) is 4.21. The van der Waals surface area contributed by atoms with Crippen molar-refractivity contribution in [2.45, 2.75) is 0 Å². The van der Waals surface area contributed by atoms with Crippen LogP contribution in [0.5, 0.6) is 5.75 Å². The zero-order valence-corrected chi connectivity index (χ0v) is 14.0. The van der Waals surface area contributed by atoms with Crippen LogP contribution in [0.1, 0.15) is 20.9 Å². The first kappa shape index (κ1) is 16.4. The molecule has 0 radical (unpaired) electrons. The fourth-order valence-corrected chi connectivity index (χ4v) is 2.86. The molecule has 126 valence electrons. The number of amides is 2. The third-order valence-electron chi connectivity index (χ3n) is 3.98. The van der Waals surface area contributed by atoms with E-state index in [4.69, 9.17) is 20.8 Å². The zero-order valence-electron chi connectivity index (χ0n) is 13.2. The number of hydrogen-bond donors (Lipinski definition) is 0. The fraction of sp³-hybridized carbons (Fsp3) is 0.294. The molecule has 24 heavy (non-hydrogen) atoms. The molecule has 0 N–H and O–H groups in total. The van der Waals surface area contributed by atoms with E-state index in [1.165, 1.54) is 13.4 Å². The van der Waals surface area contributed by atoms with Gasteiger partial charge in [-0.05, 0) is 30.3 Å². The van der Waals surface area contributed by atoms with Gasteiger partial charge in [-0.15, -0.1) is 0 Å². The Labute approximate surface area is 144 Å². The summed E-state index contributed by atoms with van der Waals surface area (Å²) < 4.78 is 10.4. The van der Waals surface area contributed by atoms with Crippen LogP contribution in [-0.4, -0.2) is 54.9 Å². The van der Waals surface area contributed by atoms with Gasteiger partial charge in [-0.2, -0.15) is 0 Å². The highest BCUT2D eigenvalue weighted by Crippen LogP contribution is 2.24. The fourth-order valence-electron chi connectivity index (χ4n) is 2.69. The molecule has 0 unspecified atom stereocenters. The van der Waals surface area contributed by atoms with Crippen molar-refractivity contribution in [3.8, 4) is 5.75 Å². The zero-order chi connectivity index (χ0) is 17.1. The van der Waals surface area contributed by atoms with Gasteiger partial charge < -0.3 is 19.0 Å². The second kappa shape index (κ2) is 6.97. The molecule has 1 aliphatic rings. The summed E-state index contributed by atoms with van der Waals surface area (Å²) in [5.74, 6) is 0.483. The monoisotopic (exact) mass is 348 g/mol. The van der Waals surface area contributed by atoms with Crippen molar-refractivity contribution >= 4 is 23.4 Å². The molecule has 1 aliphatic heterocycles. The summed E-state index contributed by atoms with van der Waals surface area (Å²) in [6, 6.07) is 8.27. The van der Waals surface area contributed by atoms with E-state index < -0.39 is 0 Å². The van der Waals surface area contributed by atoms with Gasteiger partial charge in [-0.25, -0.2) is 0 Å². The molecule has 1 aromatic carbocycles. The van der Waals surface area contributed by atoms with Crippen LogP contribution in [0.2, 0.25) is 5.02 Å². The summed E-state index contributed by atoms with van der Waals surface area (Å²) in [4.78, 5) is 28.3. The number of ether oxygens (including phenoxy) is 1. The second-order valence-corrected chi connectivity index (χ2v) is 5.84. The van der Waals surface area contributed by atoms with E-state index in [9.17, 15) is 9.59 Å². The number of furan rings is 1. The third kappa shape index (κ3) is 3.23. The number of benzene rings is 1. The van der Waals surface area contributed by atoms with Gasteiger partial charge in [0.05, 0.1) is 18.9 Å². The van der Waals surface area contributed by atoms with E-state index in [-0.39, 0.29) is 11.8 Å². The number of carbonyl (C=O) groups excluding carboxylic acids is 2. The first-order chi connectivity index (χ1) is 11.6. The van der Waals surface area contributed by atoms with Gasteiger partial charge in [0, 0.05) is 31.2 Å². The normalized spacial score (nSPS) is 14.6. The van der Waals surface area contributed by atoms with E-state index in [1.807, 2.05) is 0 Å². The first-order valence-electron chi connectivity index (χ1n) is 7.55. The van der Waals surface area contributed by atoms with Crippen LogP contribution >= 0.6 is 11.6 Å². The highest BCUT2D eigenvalue weighted by Gasteiger charge is 2.27.